The molecule has 1 spiro atoms. The first-order chi connectivity index (χ1) is 15.6. The third-order valence-electron chi connectivity index (χ3n) is 13.3. The monoisotopic (exact) mass is 470 g/mol. The van der Waals surface area contributed by atoms with Gasteiger partial charge in [-0.15, -0.1) is 0 Å². The molecule has 1 aliphatic heterocycles. The Morgan fingerprint density at radius 2 is 1.59 bits per heavy atom. The standard InChI is InChI=1S/C30H46O4/c1-25(2)14-18-17-8-9-20-27(5)12-11-21(31)26(3,4)19(27)10-13-28(20,6)29(17,7)23-16-30(18,22(32)15-25)24(33)34-23/h8,18-23,31-32H,9-16H2,1-7H3/t18-,19?,20?,21-,22-,23+,27-,28+,29-,30-/m0/s1. The van der Waals surface area contributed by atoms with Crippen LogP contribution in [0.25, 0.3) is 0 Å². The molecule has 0 amide bonds. The second kappa shape index (κ2) is 6.52. The molecule has 5 aliphatic carbocycles. The van der Waals surface area contributed by atoms with E-state index in [2.05, 4.69) is 54.5 Å². The number of esters is 1. The maximum atomic E-state index is 13.6. The fourth-order valence-corrected chi connectivity index (χ4v) is 11.2. The molecule has 6 aliphatic rings. The molecule has 2 unspecified atom stereocenters. The Balaban J connectivity index is 1.50. The van der Waals surface area contributed by atoms with Crippen molar-refractivity contribution in [2.24, 2.45) is 50.2 Å². The Morgan fingerprint density at radius 1 is 0.882 bits per heavy atom. The fraction of sp³-hybridized carbons (Fsp3) is 0.900. The van der Waals surface area contributed by atoms with Crippen LogP contribution in [0.15, 0.2) is 11.6 Å². The zero-order chi connectivity index (χ0) is 24.7. The van der Waals surface area contributed by atoms with E-state index in [-0.39, 0.29) is 51.2 Å². The molecule has 0 aromatic heterocycles. The summed E-state index contributed by atoms with van der Waals surface area (Å²) in [5, 5.41) is 22.3. The molecule has 4 nitrogen and oxygen atoms in total. The van der Waals surface area contributed by atoms with Gasteiger partial charge in [-0.2, -0.15) is 0 Å². The fourth-order valence-electron chi connectivity index (χ4n) is 11.2. The van der Waals surface area contributed by atoms with Crippen LogP contribution in [0.1, 0.15) is 99.8 Å². The molecule has 4 heteroatoms. The number of hydrogen-bond acceptors (Lipinski definition) is 4. The van der Waals surface area contributed by atoms with Crippen molar-refractivity contribution in [1.29, 1.82) is 0 Å². The largest absolute Gasteiger partial charge is 0.461 e. The van der Waals surface area contributed by atoms with Gasteiger partial charge in [0.1, 0.15) is 11.5 Å². The van der Waals surface area contributed by atoms with Crippen molar-refractivity contribution < 1.29 is 19.7 Å². The van der Waals surface area contributed by atoms with Gasteiger partial charge in [-0.05, 0) is 84.4 Å². The van der Waals surface area contributed by atoms with Crippen molar-refractivity contribution >= 4 is 5.97 Å². The molecular weight excluding hydrogens is 424 g/mol. The number of rotatable bonds is 0. The van der Waals surface area contributed by atoms with E-state index in [4.69, 9.17) is 4.74 Å². The molecule has 6 rings (SSSR count). The van der Waals surface area contributed by atoms with Gasteiger partial charge in [0.05, 0.1) is 12.2 Å². The summed E-state index contributed by atoms with van der Waals surface area (Å²) in [4.78, 5) is 13.6. The van der Waals surface area contributed by atoms with E-state index in [1.165, 1.54) is 5.57 Å². The first-order valence-corrected chi connectivity index (χ1v) is 13.9. The number of hydrogen-bond donors (Lipinski definition) is 2. The maximum Gasteiger partial charge on any atom is 0.315 e. The average Bonchev–Trinajstić information content (AvgIpc) is 3.04. The van der Waals surface area contributed by atoms with Gasteiger partial charge in [0.25, 0.3) is 0 Å². The van der Waals surface area contributed by atoms with Crippen LogP contribution in [0.3, 0.4) is 0 Å². The highest BCUT2D eigenvalue weighted by molar-refractivity contribution is 5.82. The SMILES string of the molecule is CC1(C)C[C@H](O)[C@@]23C[C@@H](OC2=O)[C@]2(C)C(=CCC4[C@@]5(C)CC[C@H](O)C(C)(C)C5CC[C@]42C)[C@@H]3C1. The van der Waals surface area contributed by atoms with E-state index < -0.39 is 11.5 Å². The molecule has 4 saturated carbocycles. The van der Waals surface area contributed by atoms with E-state index >= 15 is 0 Å². The summed E-state index contributed by atoms with van der Waals surface area (Å²) in [6.45, 7) is 16.5. The second-order valence-electron chi connectivity index (χ2n) is 15.3. The zero-order valence-electron chi connectivity index (χ0n) is 22.4. The van der Waals surface area contributed by atoms with Gasteiger partial charge in [-0.1, -0.05) is 60.1 Å². The van der Waals surface area contributed by atoms with Crippen LogP contribution in [-0.2, 0) is 9.53 Å². The van der Waals surface area contributed by atoms with Gasteiger partial charge in [0, 0.05) is 11.8 Å². The van der Waals surface area contributed by atoms with Crippen molar-refractivity contribution in [2.45, 2.75) is 118 Å². The van der Waals surface area contributed by atoms with Crippen LogP contribution in [-0.4, -0.2) is 34.5 Å². The minimum absolute atomic E-state index is 0.0116. The molecule has 0 radical (unpaired) electrons. The molecule has 1 saturated heterocycles. The Bertz CT molecular complexity index is 965. The Morgan fingerprint density at radius 3 is 2.29 bits per heavy atom. The lowest BCUT2D eigenvalue weighted by Gasteiger charge is -2.71. The number of allylic oxidation sites excluding steroid dienone is 1. The number of ether oxygens (including phenoxy) is 1. The van der Waals surface area contributed by atoms with Crippen LogP contribution in [0.5, 0.6) is 0 Å². The van der Waals surface area contributed by atoms with Crippen LogP contribution >= 0.6 is 0 Å². The van der Waals surface area contributed by atoms with E-state index in [0.717, 1.165) is 38.5 Å². The molecule has 0 aromatic carbocycles. The highest BCUT2D eigenvalue weighted by Crippen LogP contribution is 2.77. The van der Waals surface area contributed by atoms with Gasteiger partial charge in [0.15, 0.2) is 0 Å². The van der Waals surface area contributed by atoms with Crippen LogP contribution < -0.4 is 0 Å². The third kappa shape index (κ3) is 2.42. The topological polar surface area (TPSA) is 66.8 Å². The average molecular weight is 471 g/mol. The number of aliphatic hydroxyl groups is 2. The number of fused-ring (bicyclic) bond motifs is 8. The highest BCUT2D eigenvalue weighted by atomic mass is 16.6. The summed E-state index contributed by atoms with van der Waals surface area (Å²) in [6, 6.07) is 0. The van der Waals surface area contributed by atoms with E-state index in [1.54, 1.807) is 0 Å². The molecule has 190 valence electrons. The summed E-state index contributed by atoms with van der Waals surface area (Å²) >= 11 is 0. The van der Waals surface area contributed by atoms with Gasteiger partial charge in [-0.3, -0.25) is 4.79 Å². The minimum Gasteiger partial charge on any atom is -0.461 e. The molecule has 5 fully saturated rings. The van der Waals surface area contributed by atoms with Crippen molar-refractivity contribution in [3.8, 4) is 0 Å². The molecule has 34 heavy (non-hydrogen) atoms. The zero-order valence-corrected chi connectivity index (χ0v) is 22.4. The summed E-state index contributed by atoms with van der Waals surface area (Å²) < 4.78 is 6.32. The molecule has 10 atom stereocenters. The van der Waals surface area contributed by atoms with Gasteiger partial charge in [0.2, 0.25) is 0 Å². The third-order valence-corrected chi connectivity index (χ3v) is 13.3. The predicted molar refractivity (Wildman–Crippen MR) is 132 cm³/mol. The quantitative estimate of drug-likeness (QED) is 0.354. The number of carbonyl (C=O) groups excluding carboxylic acids is 1. The molecule has 1 heterocycles. The number of aliphatic hydroxyl groups excluding tert-OH is 2. The van der Waals surface area contributed by atoms with Gasteiger partial charge >= 0.3 is 5.97 Å². The Hall–Kier alpha value is -0.870. The van der Waals surface area contributed by atoms with Crippen molar-refractivity contribution in [1.82, 2.24) is 0 Å². The summed E-state index contributed by atoms with van der Waals surface area (Å²) in [6.07, 6.45) is 9.06. The van der Waals surface area contributed by atoms with E-state index in [0.29, 0.717) is 24.7 Å². The van der Waals surface area contributed by atoms with Gasteiger partial charge < -0.3 is 14.9 Å². The summed E-state index contributed by atoms with van der Waals surface area (Å²) in [5.41, 5.74) is 0.635. The highest BCUT2D eigenvalue weighted by Gasteiger charge is 2.76. The summed E-state index contributed by atoms with van der Waals surface area (Å²) in [5.74, 6) is 0.955. The second-order valence-corrected chi connectivity index (χ2v) is 15.3. The van der Waals surface area contributed by atoms with Crippen LogP contribution in [0.2, 0.25) is 0 Å². The van der Waals surface area contributed by atoms with Crippen molar-refractivity contribution in [3.05, 3.63) is 11.6 Å². The minimum atomic E-state index is -0.743. The smallest absolute Gasteiger partial charge is 0.315 e. The summed E-state index contributed by atoms with van der Waals surface area (Å²) in [7, 11) is 0. The first kappa shape index (κ1) is 23.5. The molecule has 2 N–H and O–H groups in total. The molecular formula is C30H46O4. The maximum absolute atomic E-state index is 13.6. The lowest BCUT2D eigenvalue weighted by Crippen LogP contribution is -2.67. The lowest BCUT2D eigenvalue weighted by molar-refractivity contribution is -0.214. The van der Waals surface area contributed by atoms with Gasteiger partial charge in [-0.25, -0.2) is 0 Å². The predicted octanol–water partition coefficient (Wildman–Crippen LogP) is 5.66. The molecule has 2 bridgehead atoms. The van der Waals surface area contributed by atoms with E-state index in [1.807, 2.05) is 0 Å². The van der Waals surface area contributed by atoms with Crippen LogP contribution in [0.4, 0.5) is 0 Å². The van der Waals surface area contributed by atoms with E-state index in [9.17, 15) is 15.0 Å². The lowest BCUT2D eigenvalue weighted by atomic mass is 9.33. The Labute approximate surface area is 205 Å². The Kier molecular flexibility index (Phi) is 4.51. The van der Waals surface area contributed by atoms with Crippen molar-refractivity contribution in [3.63, 3.8) is 0 Å². The molecule has 0 aromatic rings. The number of carbonyl (C=O) groups is 1. The van der Waals surface area contributed by atoms with Crippen LogP contribution in [0, 0.1) is 50.2 Å². The van der Waals surface area contributed by atoms with Crippen molar-refractivity contribution in [2.75, 3.05) is 0 Å². The first-order valence-electron chi connectivity index (χ1n) is 13.9. The normalized spacial score (nSPS) is 56.9.